The van der Waals surface area contributed by atoms with Gasteiger partial charge in [-0.15, -0.1) is 0 Å². The molecule has 0 aromatic heterocycles. The smallest absolute Gasteiger partial charge is 0.324 e. The highest BCUT2D eigenvalue weighted by molar-refractivity contribution is 5.76. The maximum Gasteiger partial charge on any atom is 0.324 e. The second kappa shape index (κ2) is 7.93. The summed E-state index contributed by atoms with van der Waals surface area (Å²) in [6.45, 7) is 10.6. The topological polar surface area (TPSA) is 51.2 Å². The molecule has 2 aliphatic rings. The lowest BCUT2D eigenvalue weighted by Crippen LogP contribution is -2.59. The van der Waals surface area contributed by atoms with Crippen molar-refractivity contribution < 1.29 is 19.0 Å². The highest BCUT2D eigenvalue weighted by atomic mass is 16.5. The largest absolute Gasteiger partial charge is 0.465 e. The Morgan fingerprint density at radius 3 is 2.05 bits per heavy atom. The first-order valence-electron chi connectivity index (χ1n) is 7.54. The molecule has 0 saturated carbocycles. The van der Waals surface area contributed by atoms with E-state index in [1.165, 1.54) is 0 Å². The second-order valence-corrected chi connectivity index (χ2v) is 5.23. The summed E-state index contributed by atoms with van der Waals surface area (Å²) in [6.07, 6.45) is 0. The Kier molecular flexibility index (Phi) is 6.22. The third kappa shape index (κ3) is 3.91. The first-order valence-corrected chi connectivity index (χ1v) is 7.54. The minimum atomic E-state index is -0.211. The number of morpholine rings is 2. The molecule has 0 aromatic rings. The first kappa shape index (κ1) is 15.7. The van der Waals surface area contributed by atoms with Crippen molar-refractivity contribution in [2.75, 3.05) is 59.2 Å². The molecular formula is C14H26N2O4. The van der Waals surface area contributed by atoms with Crippen molar-refractivity contribution in [2.24, 2.45) is 0 Å². The van der Waals surface area contributed by atoms with Crippen LogP contribution in [-0.2, 0) is 19.0 Å². The fraction of sp³-hybridized carbons (Fsp3) is 0.929. The minimum Gasteiger partial charge on any atom is -0.465 e. The normalized spacial score (nSPS) is 25.1. The summed E-state index contributed by atoms with van der Waals surface area (Å²) in [4.78, 5) is 16.9. The van der Waals surface area contributed by atoms with Gasteiger partial charge in [0.1, 0.15) is 6.04 Å². The van der Waals surface area contributed by atoms with E-state index >= 15 is 0 Å². The van der Waals surface area contributed by atoms with Gasteiger partial charge in [0.15, 0.2) is 0 Å². The Hall–Kier alpha value is -0.690. The molecule has 20 heavy (non-hydrogen) atoms. The first-order chi connectivity index (χ1) is 9.74. The summed E-state index contributed by atoms with van der Waals surface area (Å²) >= 11 is 0. The lowest BCUT2D eigenvalue weighted by Gasteiger charge is -2.41. The Morgan fingerprint density at radius 2 is 1.55 bits per heavy atom. The summed E-state index contributed by atoms with van der Waals surface area (Å²) in [6, 6.07) is -0.0759. The Labute approximate surface area is 120 Å². The zero-order chi connectivity index (χ0) is 14.4. The molecule has 116 valence electrons. The molecule has 2 rings (SSSR count). The maximum atomic E-state index is 12.4. The van der Waals surface area contributed by atoms with E-state index in [-0.39, 0.29) is 18.1 Å². The third-order valence-corrected chi connectivity index (χ3v) is 4.05. The van der Waals surface area contributed by atoms with E-state index in [2.05, 4.69) is 16.7 Å². The van der Waals surface area contributed by atoms with Gasteiger partial charge in [-0.3, -0.25) is 14.6 Å². The molecule has 2 heterocycles. The van der Waals surface area contributed by atoms with Crippen molar-refractivity contribution in [1.82, 2.24) is 9.80 Å². The van der Waals surface area contributed by atoms with Crippen molar-refractivity contribution in [3.05, 3.63) is 0 Å². The summed E-state index contributed by atoms with van der Waals surface area (Å²) in [5.74, 6) is -0.117. The molecule has 2 fully saturated rings. The Morgan fingerprint density at radius 1 is 1.05 bits per heavy atom. The van der Waals surface area contributed by atoms with Crippen LogP contribution in [0, 0.1) is 0 Å². The quantitative estimate of drug-likeness (QED) is 0.662. The molecule has 6 heteroatoms. The van der Waals surface area contributed by atoms with Gasteiger partial charge in [0, 0.05) is 32.2 Å². The van der Waals surface area contributed by atoms with Crippen LogP contribution in [0.25, 0.3) is 0 Å². The fourth-order valence-electron chi connectivity index (χ4n) is 2.92. The number of nitrogens with zero attached hydrogens (tertiary/aromatic N) is 2. The Balaban J connectivity index is 2.04. The SMILES string of the molecule is CCOC(=O)C(C(C)N1CCOCC1)N1CCOCC1. The lowest BCUT2D eigenvalue weighted by molar-refractivity contribution is -0.155. The number of carbonyl (C=O) groups is 1. The third-order valence-electron chi connectivity index (χ3n) is 4.05. The standard InChI is InChI=1S/C14H26N2O4/c1-3-20-14(17)13(16-6-10-19-11-7-16)12(2)15-4-8-18-9-5-15/h12-13H,3-11H2,1-2H3. The number of ether oxygens (including phenoxy) is 3. The van der Waals surface area contributed by atoms with Crippen molar-refractivity contribution in [1.29, 1.82) is 0 Å². The number of hydrogen-bond donors (Lipinski definition) is 0. The predicted octanol–water partition coefficient (Wildman–Crippen LogP) is -0.0290. The van der Waals surface area contributed by atoms with Crippen molar-refractivity contribution >= 4 is 5.97 Å². The molecular weight excluding hydrogens is 260 g/mol. The maximum absolute atomic E-state index is 12.4. The van der Waals surface area contributed by atoms with Crippen molar-refractivity contribution in [3.8, 4) is 0 Å². The van der Waals surface area contributed by atoms with E-state index in [9.17, 15) is 4.79 Å². The van der Waals surface area contributed by atoms with Gasteiger partial charge >= 0.3 is 5.97 Å². The number of hydrogen-bond acceptors (Lipinski definition) is 6. The van der Waals surface area contributed by atoms with Gasteiger partial charge in [-0.25, -0.2) is 0 Å². The Bertz CT molecular complexity index is 302. The van der Waals surface area contributed by atoms with Gasteiger partial charge in [0.25, 0.3) is 0 Å². The van der Waals surface area contributed by atoms with E-state index in [4.69, 9.17) is 14.2 Å². The van der Waals surface area contributed by atoms with E-state index in [0.717, 1.165) is 39.4 Å². The molecule has 0 amide bonds. The molecule has 6 nitrogen and oxygen atoms in total. The van der Waals surface area contributed by atoms with Gasteiger partial charge in [0.2, 0.25) is 0 Å². The molecule has 0 N–H and O–H groups in total. The molecule has 2 atom stereocenters. The summed E-state index contributed by atoms with van der Waals surface area (Å²) in [7, 11) is 0. The van der Waals surface area contributed by atoms with Crippen LogP contribution < -0.4 is 0 Å². The molecule has 0 aliphatic carbocycles. The van der Waals surface area contributed by atoms with Gasteiger partial charge in [-0.2, -0.15) is 0 Å². The van der Waals surface area contributed by atoms with E-state index < -0.39 is 0 Å². The molecule has 2 aliphatic heterocycles. The zero-order valence-electron chi connectivity index (χ0n) is 12.5. The summed E-state index contributed by atoms with van der Waals surface area (Å²) in [5, 5.41) is 0. The van der Waals surface area contributed by atoms with Crippen molar-refractivity contribution in [2.45, 2.75) is 25.9 Å². The molecule has 0 spiro atoms. The van der Waals surface area contributed by atoms with E-state index in [1.54, 1.807) is 0 Å². The average molecular weight is 286 g/mol. The van der Waals surface area contributed by atoms with Gasteiger partial charge < -0.3 is 14.2 Å². The minimum absolute atomic E-state index is 0.117. The highest BCUT2D eigenvalue weighted by Crippen LogP contribution is 2.16. The second-order valence-electron chi connectivity index (χ2n) is 5.23. The van der Waals surface area contributed by atoms with Crippen LogP contribution in [0.5, 0.6) is 0 Å². The van der Waals surface area contributed by atoms with Crippen LogP contribution in [0.3, 0.4) is 0 Å². The van der Waals surface area contributed by atoms with E-state index in [1.807, 2.05) is 6.92 Å². The van der Waals surface area contributed by atoms with Crippen LogP contribution in [0.2, 0.25) is 0 Å². The number of esters is 1. The van der Waals surface area contributed by atoms with Gasteiger partial charge in [-0.05, 0) is 13.8 Å². The van der Waals surface area contributed by atoms with Crippen LogP contribution in [0.4, 0.5) is 0 Å². The molecule has 0 aromatic carbocycles. The monoisotopic (exact) mass is 286 g/mol. The summed E-state index contributed by atoms with van der Waals surface area (Å²) in [5.41, 5.74) is 0. The average Bonchev–Trinajstić information content (AvgIpc) is 2.50. The van der Waals surface area contributed by atoms with Gasteiger partial charge in [-0.1, -0.05) is 0 Å². The molecule has 2 saturated heterocycles. The molecule has 0 bridgehead atoms. The molecule has 2 unspecified atom stereocenters. The molecule has 0 radical (unpaired) electrons. The zero-order valence-corrected chi connectivity index (χ0v) is 12.5. The lowest BCUT2D eigenvalue weighted by atomic mass is 10.1. The predicted molar refractivity (Wildman–Crippen MR) is 74.7 cm³/mol. The van der Waals surface area contributed by atoms with Crippen LogP contribution in [0.15, 0.2) is 0 Å². The highest BCUT2D eigenvalue weighted by Gasteiger charge is 2.36. The summed E-state index contributed by atoms with van der Waals surface area (Å²) < 4.78 is 16.1. The van der Waals surface area contributed by atoms with Crippen LogP contribution in [-0.4, -0.2) is 87.1 Å². The number of carbonyl (C=O) groups excluding carboxylic acids is 1. The van der Waals surface area contributed by atoms with E-state index in [0.29, 0.717) is 19.8 Å². The van der Waals surface area contributed by atoms with Crippen molar-refractivity contribution in [3.63, 3.8) is 0 Å². The fourth-order valence-corrected chi connectivity index (χ4v) is 2.92. The van der Waals surface area contributed by atoms with Gasteiger partial charge in [0.05, 0.1) is 33.0 Å². The number of rotatable bonds is 5. The van der Waals surface area contributed by atoms with Crippen LogP contribution in [0.1, 0.15) is 13.8 Å². The van der Waals surface area contributed by atoms with Crippen LogP contribution >= 0.6 is 0 Å².